The molecule has 1 amide bonds. The molecule has 0 atom stereocenters. The minimum atomic E-state index is -0.825. The summed E-state index contributed by atoms with van der Waals surface area (Å²) in [4.78, 5) is 44.4. The molecule has 1 aromatic heterocycles. The van der Waals surface area contributed by atoms with Crippen LogP contribution in [0.15, 0.2) is 40.0 Å². The molecule has 0 radical (unpaired) electrons. The molecule has 1 N–H and O–H groups in total. The van der Waals surface area contributed by atoms with Crippen LogP contribution in [0, 0.1) is 18.3 Å². The van der Waals surface area contributed by atoms with Gasteiger partial charge in [0.05, 0.1) is 4.91 Å². The van der Waals surface area contributed by atoms with E-state index in [9.17, 15) is 19.6 Å². The number of aliphatic carboxylic acids is 1. The second-order valence-electron chi connectivity index (χ2n) is 10.6. The van der Waals surface area contributed by atoms with Crippen molar-refractivity contribution < 1.29 is 14.7 Å². The third-order valence-electron chi connectivity index (χ3n) is 7.64. The molecule has 2 fully saturated rings. The van der Waals surface area contributed by atoms with Crippen LogP contribution in [0.2, 0.25) is 0 Å². The highest BCUT2D eigenvalue weighted by Crippen LogP contribution is 2.36. The number of carbonyl (C=O) groups is 2. The summed E-state index contributed by atoms with van der Waals surface area (Å²) < 4.78 is 2.16. The summed E-state index contributed by atoms with van der Waals surface area (Å²) in [6, 6.07) is 12.5. The molecular weight excluding hydrogens is 571 g/mol. The molecule has 4 rings (SSSR count). The van der Waals surface area contributed by atoms with E-state index in [0.29, 0.717) is 65.8 Å². The number of hydrogen-bond donors (Lipinski definition) is 1. The molecule has 3 heterocycles. The summed E-state index contributed by atoms with van der Waals surface area (Å²) in [5.41, 5.74) is 2.32. The lowest BCUT2D eigenvalue weighted by molar-refractivity contribution is -0.137. The first-order valence-corrected chi connectivity index (χ1v) is 15.6. The maximum atomic E-state index is 13.5. The number of carboxylic acid groups (broad SMARTS) is 1. The number of anilines is 1. The van der Waals surface area contributed by atoms with E-state index < -0.39 is 5.97 Å². The molecular formula is C31H37N5O4S2. The minimum Gasteiger partial charge on any atom is -0.481 e. The number of hydrogen-bond acceptors (Lipinski definition) is 8. The van der Waals surface area contributed by atoms with Gasteiger partial charge in [0.15, 0.2) is 0 Å². The van der Waals surface area contributed by atoms with Crippen LogP contribution >= 0.6 is 24.0 Å². The topological polar surface area (TPSA) is 110 Å². The van der Waals surface area contributed by atoms with E-state index >= 15 is 0 Å². The van der Waals surface area contributed by atoms with Gasteiger partial charge in [-0.15, -0.1) is 0 Å². The van der Waals surface area contributed by atoms with Crippen molar-refractivity contribution in [3.63, 3.8) is 0 Å². The van der Waals surface area contributed by atoms with Gasteiger partial charge in [-0.1, -0.05) is 67.7 Å². The van der Waals surface area contributed by atoms with Crippen LogP contribution < -0.4 is 10.5 Å². The largest absolute Gasteiger partial charge is 0.481 e. The smallest absolute Gasteiger partial charge is 0.303 e. The summed E-state index contributed by atoms with van der Waals surface area (Å²) >= 11 is 6.76. The van der Waals surface area contributed by atoms with Crippen molar-refractivity contribution in [2.24, 2.45) is 0 Å². The number of unbranched alkanes of at least 4 members (excludes halogenated alkanes) is 2. The summed E-state index contributed by atoms with van der Waals surface area (Å²) in [5, 5.41) is 18.8. The predicted molar refractivity (Wildman–Crippen MR) is 170 cm³/mol. The Hall–Kier alpha value is -3.46. The first-order valence-electron chi connectivity index (χ1n) is 14.4. The number of piperazine rings is 1. The first kappa shape index (κ1) is 31.5. The van der Waals surface area contributed by atoms with Gasteiger partial charge >= 0.3 is 5.97 Å². The van der Waals surface area contributed by atoms with E-state index in [1.807, 2.05) is 25.1 Å². The Morgan fingerprint density at radius 1 is 1.10 bits per heavy atom. The van der Waals surface area contributed by atoms with Crippen molar-refractivity contribution in [3.05, 3.63) is 67.8 Å². The van der Waals surface area contributed by atoms with Gasteiger partial charge in [0.1, 0.15) is 21.8 Å². The zero-order chi connectivity index (χ0) is 30.2. The number of pyridine rings is 1. The second kappa shape index (κ2) is 14.6. The van der Waals surface area contributed by atoms with Crippen LogP contribution in [0.3, 0.4) is 0 Å². The lowest BCUT2D eigenvalue weighted by Gasteiger charge is -2.38. The average Bonchev–Trinajstić information content (AvgIpc) is 3.24. The van der Waals surface area contributed by atoms with Gasteiger partial charge in [-0.2, -0.15) is 5.26 Å². The molecule has 2 aliphatic rings. The maximum absolute atomic E-state index is 13.5. The number of nitrogens with zero attached hydrogens (tertiary/aromatic N) is 5. The zero-order valence-electron chi connectivity index (χ0n) is 24.2. The molecule has 1 aromatic carbocycles. The molecule has 2 saturated heterocycles. The maximum Gasteiger partial charge on any atom is 0.303 e. The van der Waals surface area contributed by atoms with Crippen molar-refractivity contribution in [3.8, 4) is 6.07 Å². The zero-order valence-corrected chi connectivity index (χ0v) is 25.8. The van der Waals surface area contributed by atoms with Gasteiger partial charge < -0.3 is 10.0 Å². The number of aromatic nitrogens is 1. The van der Waals surface area contributed by atoms with Crippen molar-refractivity contribution in [2.75, 3.05) is 37.6 Å². The summed E-state index contributed by atoms with van der Waals surface area (Å²) in [6.45, 7) is 8.57. The van der Waals surface area contributed by atoms with E-state index in [2.05, 4.69) is 28.0 Å². The third-order valence-corrected chi connectivity index (χ3v) is 9.01. The first-order chi connectivity index (χ1) is 20.2. The SMILES string of the molecule is CCCn1c(N2CCN(Cc3ccccc3)CC2)c(/C=C2/SC(=S)N(CCCCCC(=O)O)C2=O)c(C)c(C#N)c1=O. The molecule has 0 aliphatic carbocycles. The minimum absolute atomic E-state index is 0.0927. The Labute approximate surface area is 256 Å². The van der Waals surface area contributed by atoms with E-state index in [-0.39, 0.29) is 23.5 Å². The number of carboxylic acids is 1. The highest BCUT2D eigenvalue weighted by atomic mass is 32.2. The molecule has 0 bridgehead atoms. The fraction of sp³-hybridized carbons (Fsp3) is 0.452. The molecule has 0 spiro atoms. The van der Waals surface area contributed by atoms with Crippen molar-refractivity contribution in [1.29, 1.82) is 5.26 Å². The molecule has 222 valence electrons. The lowest BCUT2D eigenvalue weighted by Crippen LogP contribution is -2.48. The molecule has 2 aromatic rings. The number of thioether (sulfide) groups is 1. The van der Waals surface area contributed by atoms with Crippen LogP contribution in [0.1, 0.15) is 61.3 Å². The fourth-order valence-electron chi connectivity index (χ4n) is 5.42. The van der Waals surface area contributed by atoms with Crippen LogP contribution in [0.4, 0.5) is 5.82 Å². The fourth-order valence-corrected chi connectivity index (χ4v) is 6.71. The van der Waals surface area contributed by atoms with Gasteiger partial charge in [0.25, 0.3) is 11.5 Å². The van der Waals surface area contributed by atoms with Crippen LogP contribution in [-0.2, 0) is 22.7 Å². The number of benzene rings is 1. The van der Waals surface area contributed by atoms with Gasteiger partial charge in [-0.05, 0) is 43.4 Å². The van der Waals surface area contributed by atoms with Gasteiger partial charge in [0.2, 0.25) is 0 Å². The van der Waals surface area contributed by atoms with Crippen LogP contribution in [0.5, 0.6) is 0 Å². The van der Waals surface area contributed by atoms with Crippen molar-refractivity contribution in [2.45, 2.75) is 59.0 Å². The normalized spacial score (nSPS) is 16.8. The Bertz CT molecular complexity index is 1460. The lowest BCUT2D eigenvalue weighted by atomic mass is 10.0. The van der Waals surface area contributed by atoms with Crippen molar-refractivity contribution in [1.82, 2.24) is 14.4 Å². The molecule has 9 nitrogen and oxygen atoms in total. The second-order valence-corrected chi connectivity index (χ2v) is 12.3. The number of rotatable bonds is 12. The molecule has 0 unspecified atom stereocenters. The highest BCUT2D eigenvalue weighted by molar-refractivity contribution is 8.26. The Morgan fingerprint density at radius 2 is 1.81 bits per heavy atom. The molecule has 2 aliphatic heterocycles. The molecule has 0 saturated carbocycles. The summed E-state index contributed by atoms with van der Waals surface area (Å²) in [5.74, 6) is -0.280. The summed E-state index contributed by atoms with van der Waals surface area (Å²) in [6.07, 6.45) is 4.53. The van der Waals surface area contributed by atoms with E-state index in [4.69, 9.17) is 17.3 Å². The van der Waals surface area contributed by atoms with Gasteiger partial charge in [-0.25, -0.2) is 0 Å². The van der Waals surface area contributed by atoms with Crippen LogP contribution in [-0.4, -0.2) is 68.4 Å². The highest BCUT2D eigenvalue weighted by Gasteiger charge is 2.33. The van der Waals surface area contributed by atoms with Crippen LogP contribution in [0.25, 0.3) is 6.08 Å². The van der Waals surface area contributed by atoms with Crippen molar-refractivity contribution >= 4 is 52.1 Å². The number of nitriles is 1. The molecule has 11 heteroatoms. The number of thiocarbonyl (C=S) groups is 1. The number of carbonyl (C=O) groups excluding carboxylic acids is 1. The Kier molecular flexibility index (Phi) is 11.0. The number of amides is 1. The van der Waals surface area contributed by atoms with E-state index in [1.54, 1.807) is 22.5 Å². The third kappa shape index (κ3) is 7.30. The van der Waals surface area contributed by atoms with E-state index in [1.165, 1.54) is 17.3 Å². The predicted octanol–water partition coefficient (Wildman–Crippen LogP) is 4.61. The average molecular weight is 608 g/mol. The monoisotopic (exact) mass is 607 g/mol. The standard InChI is InChI=1S/C31H37N5O4S2/c1-3-13-35-28(34-17-15-33(16-18-34)21-23-10-6-4-7-11-23)24(22(2)25(20-32)29(35)39)19-26-30(40)36(31(41)42-26)14-9-5-8-12-27(37)38/h4,6-7,10-11,19H,3,5,8-9,12-18,21H2,1-2H3,(H,37,38)/b26-19+. The van der Waals surface area contributed by atoms with Gasteiger partial charge in [0, 0.05) is 57.8 Å². The van der Waals surface area contributed by atoms with E-state index in [0.717, 1.165) is 31.9 Å². The van der Waals surface area contributed by atoms with Gasteiger partial charge in [-0.3, -0.25) is 28.8 Å². The summed E-state index contributed by atoms with van der Waals surface area (Å²) in [7, 11) is 0. The Balaban J connectivity index is 1.63. The molecule has 42 heavy (non-hydrogen) atoms. The quantitative estimate of drug-likeness (QED) is 0.210. The Morgan fingerprint density at radius 3 is 2.45 bits per heavy atom.